The Morgan fingerprint density at radius 2 is 1.59 bits per heavy atom. The van der Waals surface area contributed by atoms with E-state index in [-0.39, 0.29) is 30.0 Å². The van der Waals surface area contributed by atoms with E-state index in [1.807, 2.05) is 28.0 Å². The number of piperazine rings is 2. The zero-order valence-electron chi connectivity index (χ0n) is 26.3. The Labute approximate surface area is 261 Å². The lowest BCUT2D eigenvalue weighted by Gasteiger charge is -2.39. The molecule has 3 aliphatic rings. The zero-order chi connectivity index (χ0) is 31.1. The number of rotatable bonds is 9. The molecule has 44 heavy (non-hydrogen) atoms. The molecule has 11 nitrogen and oxygen atoms in total. The van der Waals surface area contributed by atoms with Gasteiger partial charge in [-0.3, -0.25) is 19.3 Å². The van der Waals surface area contributed by atoms with E-state index in [1.165, 1.54) is 5.56 Å². The molecule has 4 heterocycles. The van der Waals surface area contributed by atoms with Crippen LogP contribution in [0.1, 0.15) is 35.8 Å². The van der Waals surface area contributed by atoms with Crippen LogP contribution in [0.25, 0.3) is 11.1 Å². The number of amides is 3. The fourth-order valence-corrected chi connectivity index (χ4v) is 6.37. The van der Waals surface area contributed by atoms with Gasteiger partial charge in [-0.15, -0.1) is 0 Å². The number of nitrogens with two attached hydrogens (primary N) is 1. The quantitative estimate of drug-likeness (QED) is 0.442. The third kappa shape index (κ3) is 8.20. The number of likely N-dealkylation sites (tertiary alicyclic amines) is 1. The van der Waals surface area contributed by atoms with Crippen LogP contribution in [0, 0.1) is 5.92 Å². The first-order valence-corrected chi connectivity index (χ1v) is 16.1. The summed E-state index contributed by atoms with van der Waals surface area (Å²) in [7, 11) is 2.10. The largest absolute Gasteiger partial charge is 0.339 e. The number of hydrogen-bond donors (Lipinski definition) is 2. The molecule has 0 bridgehead atoms. The topological polar surface area (TPSA) is 118 Å². The molecule has 0 unspecified atom stereocenters. The molecule has 5 rings (SSSR count). The average Bonchev–Trinajstić information content (AvgIpc) is 3.06. The van der Waals surface area contributed by atoms with Gasteiger partial charge in [0.05, 0.1) is 18.8 Å². The van der Waals surface area contributed by atoms with Crippen molar-refractivity contribution in [3.05, 3.63) is 47.8 Å². The number of benzene rings is 1. The molecule has 3 fully saturated rings. The third-order valence-corrected chi connectivity index (χ3v) is 9.32. The van der Waals surface area contributed by atoms with Crippen LogP contribution in [0.3, 0.4) is 0 Å². The molecule has 1 aromatic carbocycles. The van der Waals surface area contributed by atoms with Crippen LogP contribution in [0.4, 0.5) is 5.69 Å². The van der Waals surface area contributed by atoms with Crippen LogP contribution in [0.15, 0.2) is 36.5 Å². The van der Waals surface area contributed by atoms with Crippen molar-refractivity contribution in [3.63, 3.8) is 0 Å². The van der Waals surface area contributed by atoms with Crippen LogP contribution >= 0.6 is 0 Å². The first-order chi connectivity index (χ1) is 21.3. The second-order valence-electron chi connectivity index (χ2n) is 12.4. The lowest BCUT2D eigenvalue weighted by molar-refractivity contribution is -0.134. The lowest BCUT2D eigenvalue weighted by Crippen LogP contribution is -2.53. The molecule has 3 N–H and O–H groups in total. The van der Waals surface area contributed by atoms with E-state index in [9.17, 15) is 14.4 Å². The summed E-state index contributed by atoms with van der Waals surface area (Å²) in [4.78, 5) is 54.1. The van der Waals surface area contributed by atoms with Crippen LogP contribution < -0.4 is 11.1 Å². The number of nitrogens with one attached hydrogen (secondary N) is 1. The van der Waals surface area contributed by atoms with Gasteiger partial charge in [0.1, 0.15) is 0 Å². The Hall–Kier alpha value is -3.38. The van der Waals surface area contributed by atoms with E-state index in [2.05, 4.69) is 51.1 Å². The Bertz CT molecular complexity index is 1300. The van der Waals surface area contributed by atoms with Crippen LogP contribution in [-0.4, -0.2) is 139 Å². The number of hydrogen-bond acceptors (Lipinski definition) is 8. The van der Waals surface area contributed by atoms with Crippen LogP contribution in [0.2, 0.25) is 0 Å². The van der Waals surface area contributed by atoms with Crippen molar-refractivity contribution in [2.75, 3.05) is 97.4 Å². The van der Waals surface area contributed by atoms with Crippen molar-refractivity contribution in [3.8, 4) is 11.1 Å². The molecule has 0 aliphatic carbocycles. The number of carbonyl (C=O) groups is 3. The number of likely N-dealkylation sites (N-methyl/N-ethyl adjacent to an activating group) is 1. The molecule has 11 heteroatoms. The van der Waals surface area contributed by atoms with Crippen molar-refractivity contribution < 1.29 is 14.4 Å². The van der Waals surface area contributed by atoms with Gasteiger partial charge >= 0.3 is 0 Å². The van der Waals surface area contributed by atoms with Gasteiger partial charge in [0.15, 0.2) is 5.69 Å². The first-order valence-electron chi connectivity index (χ1n) is 16.1. The molecule has 0 atom stereocenters. The minimum atomic E-state index is -0.359. The van der Waals surface area contributed by atoms with Gasteiger partial charge < -0.3 is 30.7 Å². The predicted octanol–water partition coefficient (Wildman–Crippen LogP) is 1.45. The molecule has 0 saturated carbocycles. The first kappa shape index (κ1) is 32.0. The normalized spacial score (nSPS) is 19.2. The molecule has 3 aliphatic heterocycles. The summed E-state index contributed by atoms with van der Waals surface area (Å²) in [5.74, 6) is 0.255. The van der Waals surface area contributed by atoms with E-state index in [1.54, 1.807) is 6.20 Å². The maximum Gasteiger partial charge on any atom is 0.274 e. The molecule has 0 spiro atoms. The standard InChI is InChI=1S/C33H48N8O3/c1-3-25-5-4-6-27(19-25)28-20-29(36-30(42)21-34)32(35-22-28)33(44)41-9-7-26(8-10-41)23-38-13-15-39(16-14-38)24-31(43)40-17-11-37(2)12-18-40/h4-6,19-20,22,26H,3,7-18,21,23-24,34H2,1-2H3,(H,36,42). The molecular formula is C33H48N8O3. The molecule has 0 radical (unpaired) electrons. The Morgan fingerprint density at radius 1 is 0.886 bits per heavy atom. The molecule has 1 aromatic heterocycles. The summed E-state index contributed by atoms with van der Waals surface area (Å²) < 4.78 is 0. The summed E-state index contributed by atoms with van der Waals surface area (Å²) in [6.07, 6.45) is 4.49. The summed E-state index contributed by atoms with van der Waals surface area (Å²) in [5.41, 5.74) is 9.26. The van der Waals surface area contributed by atoms with E-state index in [0.717, 1.165) is 89.3 Å². The van der Waals surface area contributed by atoms with E-state index in [0.29, 0.717) is 31.2 Å². The summed E-state index contributed by atoms with van der Waals surface area (Å²) in [6.45, 7) is 12.1. The van der Waals surface area contributed by atoms with Crippen molar-refractivity contribution in [2.24, 2.45) is 11.7 Å². The Balaban J connectivity index is 1.12. The van der Waals surface area contributed by atoms with Gasteiger partial charge in [0, 0.05) is 83.8 Å². The summed E-state index contributed by atoms with van der Waals surface area (Å²) >= 11 is 0. The van der Waals surface area contributed by atoms with E-state index < -0.39 is 0 Å². The number of anilines is 1. The van der Waals surface area contributed by atoms with Crippen molar-refractivity contribution in [1.29, 1.82) is 0 Å². The minimum absolute atomic E-state index is 0.164. The maximum absolute atomic E-state index is 13.6. The van der Waals surface area contributed by atoms with E-state index in [4.69, 9.17) is 5.73 Å². The van der Waals surface area contributed by atoms with Gasteiger partial charge in [0.25, 0.3) is 5.91 Å². The number of piperidine rings is 1. The van der Waals surface area contributed by atoms with Gasteiger partial charge in [-0.2, -0.15) is 0 Å². The highest BCUT2D eigenvalue weighted by atomic mass is 16.2. The fourth-order valence-electron chi connectivity index (χ4n) is 6.37. The van der Waals surface area contributed by atoms with Crippen LogP contribution in [0.5, 0.6) is 0 Å². The molecule has 3 saturated heterocycles. The summed E-state index contributed by atoms with van der Waals surface area (Å²) in [5, 5.41) is 2.81. The van der Waals surface area contributed by atoms with E-state index >= 15 is 0 Å². The fraction of sp³-hybridized carbons (Fsp3) is 0.576. The minimum Gasteiger partial charge on any atom is -0.339 e. The van der Waals surface area contributed by atoms with Gasteiger partial charge in [-0.05, 0) is 49.4 Å². The average molecular weight is 605 g/mol. The van der Waals surface area contributed by atoms with Crippen molar-refractivity contribution in [2.45, 2.75) is 26.2 Å². The zero-order valence-corrected chi connectivity index (χ0v) is 26.3. The molecule has 238 valence electrons. The predicted molar refractivity (Wildman–Crippen MR) is 172 cm³/mol. The van der Waals surface area contributed by atoms with Gasteiger partial charge in [0.2, 0.25) is 11.8 Å². The lowest BCUT2D eigenvalue weighted by atomic mass is 9.95. The molecular weight excluding hydrogens is 556 g/mol. The van der Waals surface area contributed by atoms with Crippen molar-refractivity contribution in [1.82, 2.24) is 29.5 Å². The Kier molecular flexibility index (Phi) is 11.0. The highest BCUT2D eigenvalue weighted by Crippen LogP contribution is 2.27. The highest BCUT2D eigenvalue weighted by molar-refractivity contribution is 6.03. The summed E-state index contributed by atoms with van der Waals surface area (Å²) in [6, 6.07) is 10.0. The monoisotopic (exact) mass is 604 g/mol. The number of carbonyl (C=O) groups excluding carboxylic acids is 3. The maximum atomic E-state index is 13.6. The number of aryl methyl sites for hydroxylation is 1. The SMILES string of the molecule is CCc1cccc(-c2cnc(C(=O)N3CCC(CN4CCN(CC(=O)N5CCN(C)CC5)CC4)CC3)c(NC(=O)CN)c2)c1. The van der Waals surface area contributed by atoms with Crippen molar-refractivity contribution >= 4 is 23.4 Å². The molecule has 2 aromatic rings. The number of aromatic nitrogens is 1. The van der Waals surface area contributed by atoms with Gasteiger partial charge in [-0.25, -0.2) is 4.98 Å². The Morgan fingerprint density at radius 3 is 2.27 bits per heavy atom. The second kappa shape index (κ2) is 15.1. The van der Waals surface area contributed by atoms with Gasteiger partial charge in [-0.1, -0.05) is 31.2 Å². The highest BCUT2D eigenvalue weighted by Gasteiger charge is 2.29. The number of nitrogens with zero attached hydrogens (tertiary/aromatic N) is 6. The smallest absolute Gasteiger partial charge is 0.274 e. The second-order valence-corrected chi connectivity index (χ2v) is 12.4. The molecule has 3 amide bonds. The third-order valence-electron chi connectivity index (χ3n) is 9.32. The van der Waals surface area contributed by atoms with Crippen LogP contribution in [-0.2, 0) is 16.0 Å². The number of pyridine rings is 1.